The average Bonchev–Trinajstić information content (AvgIpc) is 2.38. The number of alkyl halides is 3. The minimum atomic E-state index is -4.50. The Labute approximate surface area is 116 Å². The van der Waals surface area contributed by atoms with E-state index in [1.165, 1.54) is 0 Å². The van der Waals surface area contributed by atoms with E-state index in [1.807, 2.05) is 6.92 Å². The molecule has 0 saturated carbocycles. The molecule has 0 aliphatic heterocycles. The van der Waals surface area contributed by atoms with Gasteiger partial charge < -0.3 is 15.0 Å². The molecule has 0 aliphatic carbocycles. The van der Waals surface area contributed by atoms with Crippen molar-refractivity contribution in [2.24, 2.45) is 0 Å². The van der Waals surface area contributed by atoms with Crippen LogP contribution in [0.1, 0.15) is 19.5 Å². The lowest BCUT2D eigenvalue weighted by Crippen LogP contribution is -2.25. The summed E-state index contributed by atoms with van der Waals surface area (Å²) in [6.45, 7) is 5.51. The quantitative estimate of drug-likeness (QED) is 0.782. The highest BCUT2D eigenvalue weighted by Gasteiger charge is 2.34. The first-order chi connectivity index (χ1) is 9.38. The summed E-state index contributed by atoms with van der Waals surface area (Å²) in [4.78, 5) is 9.14. The molecule has 8 heteroatoms. The van der Waals surface area contributed by atoms with E-state index in [0.717, 1.165) is 6.07 Å². The molecule has 0 bridgehead atoms. The van der Waals surface area contributed by atoms with Gasteiger partial charge in [0.15, 0.2) is 5.69 Å². The minimum Gasteiger partial charge on any atom is -0.380 e. The number of rotatable bonds is 7. The molecule has 0 fully saturated rings. The highest BCUT2D eigenvalue weighted by molar-refractivity contribution is 5.44. The highest BCUT2D eigenvalue weighted by Crippen LogP contribution is 2.30. The molecule has 0 aromatic carbocycles. The van der Waals surface area contributed by atoms with Crippen LogP contribution >= 0.6 is 0 Å². The number of nitrogens with zero attached hydrogens (tertiary/aromatic N) is 3. The van der Waals surface area contributed by atoms with Gasteiger partial charge in [0.25, 0.3) is 0 Å². The van der Waals surface area contributed by atoms with Gasteiger partial charge in [-0.15, -0.1) is 0 Å². The van der Waals surface area contributed by atoms with E-state index in [2.05, 4.69) is 15.3 Å². The second-order valence-corrected chi connectivity index (χ2v) is 4.08. The van der Waals surface area contributed by atoms with E-state index >= 15 is 0 Å². The van der Waals surface area contributed by atoms with Gasteiger partial charge in [-0.2, -0.15) is 18.2 Å². The maximum absolute atomic E-state index is 12.8. The zero-order chi connectivity index (χ0) is 15.2. The molecule has 5 nitrogen and oxygen atoms in total. The number of hydrogen-bond donors (Lipinski definition) is 1. The lowest BCUT2D eigenvalue weighted by molar-refractivity contribution is -0.141. The first-order valence-corrected chi connectivity index (χ1v) is 6.37. The van der Waals surface area contributed by atoms with Crippen molar-refractivity contribution in [2.75, 3.05) is 43.6 Å². The predicted molar refractivity (Wildman–Crippen MR) is 71.0 cm³/mol. The third-order valence-corrected chi connectivity index (χ3v) is 2.50. The van der Waals surface area contributed by atoms with Gasteiger partial charge in [-0.05, 0) is 13.8 Å². The summed E-state index contributed by atoms with van der Waals surface area (Å²) in [5.74, 6) is 0.184. The van der Waals surface area contributed by atoms with Crippen molar-refractivity contribution in [3.8, 4) is 0 Å². The standard InChI is InChI=1S/C12H19F3N4O/c1-4-16-11-17-9(12(13,14)15)8-10(18-11)19(3)6-7-20-5-2/h8H,4-7H2,1-3H3,(H,16,17,18). The Morgan fingerprint density at radius 1 is 1.30 bits per heavy atom. The van der Waals surface area contributed by atoms with Crippen LogP contribution < -0.4 is 10.2 Å². The molecule has 1 aromatic heterocycles. The van der Waals surface area contributed by atoms with Crippen molar-refractivity contribution in [1.82, 2.24) is 9.97 Å². The molecule has 0 spiro atoms. The van der Waals surface area contributed by atoms with Gasteiger partial charge in [0.1, 0.15) is 5.82 Å². The third-order valence-electron chi connectivity index (χ3n) is 2.50. The van der Waals surface area contributed by atoms with Crippen molar-refractivity contribution in [2.45, 2.75) is 20.0 Å². The molecule has 0 saturated heterocycles. The van der Waals surface area contributed by atoms with Crippen molar-refractivity contribution < 1.29 is 17.9 Å². The Morgan fingerprint density at radius 3 is 2.55 bits per heavy atom. The van der Waals surface area contributed by atoms with Gasteiger partial charge >= 0.3 is 6.18 Å². The molecule has 0 amide bonds. The Morgan fingerprint density at radius 2 is 2.00 bits per heavy atom. The number of aromatic nitrogens is 2. The molecule has 1 aromatic rings. The summed E-state index contributed by atoms with van der Waals surface area (Å²) in [6.07, 6.45) is -4.50. The second kappa shape index (κ2) is 7.28. The minimum absolute atomic E-state index is 0.0272. The molecular formula is C12H19F3N4O. The number of halogens is 3. The van der Waals surface area contributed by atoms with E-state index in [9.17, 15) is 13.2 Å². The number of hydrogen-bond acceptors (Lipinski definition) is 5. The molecular weight excluding hydrogens is 273 g/mol. The van der Waals surface area contributed by atoms with Crippen molar-refractivity contribution in [1.29, 1.82) is 0 Å². The van der Waals surface area contributed by atoms with Crippen LogP contribution in [0.2, 0.25) is 0 Å². The molecule has 1 heterocycles. The maximum Gasteiger partial charge on any atom is 0.433 e. The highest BCUT2D eigenvalue weighted by atomic mass is 19.4. The Balaban J connectivity index is 2.96. The lowest BCUT2D eigenvalue weighted by Gasteiger charge is -2.20. The van der Waals surface area contributed by atoms with Gasteiger partial charge in [0.05, 0.1) is 6.61 Å². The van der Waals surface area contributed by atoms with Crippen LogP contribution in [0.4, 0.5) is 24.9 Å². The first kappa shape index (κ1) is 16.5. The van der Waals surface area contributed by atoms with Crippen molar-refractivity contribution in [3.63, 3.8) is 0 Å². The average molecular weight is 292 g/mol. The lowest BCUT2D eigenvalue weighted by atomic mass is 10.3. The molecule has 20 heavy (non-hydrogen) atoms. The van der Waals surface area contributed by atoms with Crippen LogP contribution in [0.15, 0.2) is 6.07 Å². The molecule has 0 atom stereocenters. The molecule has 0 aliphatic rings. The molecule has 114 valence electrons. The van der Waals surface area contributed by atoms with Crippen molar-refractivity contribution >= 4 is 11.8 Å². The Kier molecular flexibility index (Phi) is 6.00. The molecule has 0 radical (unpaired) electrons. The van der Waals surface area contributed by atoms with E-state index in [-0.39, 0.29) is 11.8 Å². The zero-order valence-electron chi connectivity index (χ0n) is 11.8. The maximum atomic E-state index is 12.8. The Bertz CT molecular complexity index is 426. The van der Waals surface area contributed by atoms with Gasteiger partial charge in [0.2, 0.25) is 5.95 Å². The zero-order valence-corrected chi connectivity index (χ0v) is 11.8. The van der Waals surface area contributed by atoms with Crippen LogP contribution in [0.25, 0.3) is 0 Å². The molecule has 1 N–H and O–H groups in total. The summed E-state index contributed by atoms with van der Waals surface area (Å²) >= 11 is 0. The van der Waals surface area contributed by atoms with E-state index < -0.39 is 11.9 Å². The summed E-state index contributed by atoms with van der Waals surface area (Å²) < 4.78 is 43.6. The fraction of sp³-hybridized carbons (Fsp3) is 0.667. The summed E-state index contributed by atoms with van der Waals surface area (Å²) in [5, 5.41) is 2.70. The number of ether oxygens (including phenoxy) is 1. The van der Waals surface area contributed by atoms with Gasteiger partial charge in [-0.25, -0.2) is 4.98 Å². The topological polar surface area (TPSA) is 50.3 Å². The number of nitrogens with one attached hydrogen (secondary N) is 1. The third kappa shape index (κ3) is 4.84. The SMILES string of the molecule is CCNc1nc(N(C)CCOCC)cc(C(F)(F)F)n1. The summed E-state index contributed by atoms with van der Waals surface area (Å²) in [5.41, 5.74) is -0.957. The number of anilines is 2. The fourth-order valence-electron chi connectivity index (χ4n) is 1.47. The van der Waals surface area contributed by atoms with Gasteiger partial charge in [0, 0.05) is 32.8 Å². The largest absolute Gasteiger partial charge is 0.433 e. The molecule has 0 unspecified atom stereocenters. The van der Waals surface area contributed by atoms with E-state index in [4.69, 9.17) is 4.74 Å². The Hall–Kier alpha value is -1.57. The smallest absolute Gasteiger partial charge is 0.380 e. The summed E-state index contributed by atoms with van der Waals surface area (Å²) in [6, 6.07) is 0.937. The van der Waals surface area contributed by atoms with Crippen molar-refractivity contribution in [3.05, 3.63) is 11.8 Å². The first-order valence-electron chi connectivity index (χ1n) is 6.37. The van der Waals surface area contributed by atoms with Crippen LogP contribution in [0.3, 0.4) is 0 Å². The predicted octanol–water partition coefficient (Wildman–Crippen LogP) is 2.40. The number of likely N-dealkylation sites (N-methyl/N-ethyl adjacent to an activating group) is 1. The van der Waals surface area contributed by atoms with Crippen LogP contribution in [-0.2, 0) is 10.9 Å². The summed E-state index contributed by atoms with van der Waals surface area (Å²) in [7, 11) is 1.66. The van der Waals surface area contributed by atoms with Crippen LogP contribution in [-0.4, -0.2) is 43.3 Å². The molecule has 1 rings (SSSR count). The van der Waals surface area contributed by atoms with E-state index in [0.29, 0.717) is 26.3 Å². The van der Waals surface area contributed by atoms with E-state index in [1.54, 1.807) is 18.9 Å². The monoisotopic (exact) mass is 292 g/mol. The van der Waals surface area contributed by atoms with Gasteiger partial charge in [-0.3, -0.25) is 0 Å². The normalized spacial score (nSPS) is 11.5. The van der Waals surface area contributed by atoms with Crippen LogP contribution in [0.5, 0.6) is 0 Å². The fourth-order valence-corrected chi connectivity index (χ4v) is 1.47. The van der Waals surface area contributed by atoms with Gasteiger partial charge in [-0.1, -0.05) is 0 Å². The second-order valence-electron chi connectivity index (χ2n) is 4.08. The van der Waals surface area contributed by atoms with Crippen LogP contribution in [0, 0.1) is 0 Å².